The Morgan fingerprint density at radius 2 is 1.60 bits per heavy atom. The molecule has 0 aliphatic heterocycles. The number of likely N-dealkylation sites (N-methyl/N-ethyl adjacent to an activating group) is 1. The molecule has 2 atom stereocenters. The van der Waals surface area contributed by atoms with Crippen LogP contribution in [0.4, 0.5) is 4.79 Å². The van der Waals surface area contributed by atoms with Crippen LogP contribution < -0.4 is 16.1 Å². The summed E-state index contributed by atoms with van der Waals surface area (Å²) in [6, 6.07) is 15.9. The highest BCUT2D eigenvalue weighted by atomic mass is 16.7. The molecular formula is C31H42N6O5. The zero-order valence-corrected chi connectivity index (χ0v) is 25.0. The minimum atomic E-state index is -0.840. The van der Waals surface area contributed by atoms with Crippen molar-refractivity contribution in [1.82, 2.24) is 31.0 Å². The number of nitrogens with one attached hydrogen (secondary N) is 3. The molecule has 3 rings (SSSR count). The van der Waals surface area contributed by atoms with E-state index in [0.717, 1.165) is 21.9 Å². The topological polar surface area (TPSA) is 125 Å². The first-order chi connectivity index (χ1) is 20.2. The predicted octanol–water partition coefficient (Wildman–Crippen LogP) is 3.20. The summed E-state index contributed by atoms with van der Waals surface area (Å²) in [5.74, 6) is -0.699. The molecule has 42 heavy (non-hydrogen) atoms. The maximum absolute atomic E-state index is 13.9. The van der Waals surface area contributed by atoms with Gasteiger partial charge in [-0.3, -0.25) is 20.0 Å². The molecule has 0 unspecified atom stereocenters. The largest absolute Gasteiger partial charge is 0.351 e. The summed E-state index contributed by atoms with van der Waals surface area (Å²) < 4.78 is 11.7. The number of carbonyl (C=O) groups excluding carboxylic acids is 3. The number of aromatic nitrogens is 1. The fraction of sp³-hybridized carbons (Fsp3) is 0.419. The Labute approximate surface area is 247 Å². The summed E-state index contributed by atoms with van der Waals surface area (Å²) in [6.07, 6.45) is 2.65. The molecule has 11 heteroatoms. The smallest absolute Gasteiger partial charge is 0.329 e. The van der Waals surface area contributed by atoms with Crippen molar-refractivity contribution < 1.29 is 23.9 Å². The molecule has 4 amide bonds. The summed E-state index contributed by atoms with van der Waals surface area (Å²) in [7, 11) is 1.57. The van der Waals surface area contributed by atoms with Gasteiger partial charge in [0.25, 0.3) is 0 Å². The molecule has 0 aliphatic carbocycles. The van der Waals surface area contributed by atoms with Gasteiger partial charge in [-0.1, -0.05) is 42.5 Å². The van der Waals surface area contributed by atoms with E-state index in [0.29, 0.717) is 26.3 Å². The highest BCUT2D eigenvalue weighted by molar-refractivity contribution is 5.89. The Morgan fingerprint density at radius 3 is 2.29 bits per heavy atom. The molecule has 3 N–H and O–H groups in total. The first kappa shape index (κ1) is 32.5. The van der Waals surface area contributed by atoms with Crippen molar-refractivity contribution in [3.63, 3.8) is 0 Å². The van der Waals surface area contributed by atoms with E-state index >= 15 is 0 Å². The van der Waals surface area contributed by atoms with Crippen LogP contribution in [0, 0.1) is 0 Å². The third-order valence-electron chi connectivity index (χ3n) is 6.67. The van der Waals surface area contributed by atoms with Gasteiger partial charge in [0.15, 0.2) is 6.29 Å². The first-order valence-corrected chi connectivity index (χ1v) is 14.2. The van der Waals surface area contributed by atoms with E-state index in [1.807, 2.05) is 63.2 Å². The maximum atomic E-state index is 13.9. The van der Waals surface area contributed by atoms with Crippen LogP contribution in [0.2, 0.25) is 0 Å². The van der Waals surface area contributed by atoms with E-state index in [4.69, 9.17) is 9.47 Å². The maximum Gasteiger partial charge on any atom is 0.329 e. The molecule has 11 nitrogen and oxygen atoms in total. The SMILES string of the molecule is CCOC(OCC)[C@H](C)N(Cc1cccc2ccccc12)C(=O)[C@H](C)NC(=O)CN(C)NC(=O)NCc1ccncc1. The lowest BCUT2D eigenvalue weighted by Crippen LogP contribution is -2.55. The van der Waals surface area contributed by atoms with Gasteiger partial charge in [-0.25, -0.2) is 9.80 Å². The molecule has 3 aromatic rings. The standard InChI is InChI=1S/C31H42N6O5/c1-6-41-30(42-7-2)23(4)37(20-26-13-10-12-25-11-8-9-14-27(25)26)29(39)22(3)34-28(38)21-36(5)35-31(40)33-19-24-15-17-32-18-16-24/h8-18,22-23,30H,6-7,19-21H2,1-5H3,(H,34,38)(H2,33,35,40)/t22-,23-/m0/s1. The van der Waals surface area contributed by atoms with Gasteiger partial charge in [0.2, 0.25) is 11.8 Å². The van der Waals surface area contributed by atoms with Crippen LogP contribution in [0.3, 0.4) is 0 Å². The van der Waals surface area contributed by atoms with Gasteiger partial charge in [-0.05, 0) is 61.7 Å². The molecule has 0 fully saturated rings. The normalized spacial score (nSPS) is 12.6. The van der Waals surface area contributed by atoms with Crippen LogP contribution in [0.15, 0.2) is 67.0 Å². The number of nitrogens with zero attached hydrogens (tertiary/aromatic N) is 3. The van der Waals surface area contributed by atoms with Crippen LogP contribution >= 0.6 is 0 Å². The number of fused-ring (bicyclic) bond motifs is 1. The van der Waals surface area contributed by atoms with E-state index in [-0.39, 0.29) is 12.5 Å². The van der Waals surface area contributed by atoms with Crippen LogP contribution in [-0.2, 0) is 32.2 Å². The monoisotopic (exact) mass is 578 g/mol. The van der Waals surface area contributed by atoms with Crippen molar-refractivity contribution >= 4 is 28.6 Å². The molecule has 0 radical (unpaired) electrons. The second kappa shape index (κ2) is 16.4. The summed E-state index contributed by atoms with van der Waals surface area (Å²) in [6.45, 7) is 8.60. The van der Waals surface area contributed by atoms with Crippen molar-refractivity contribution in [3.8, 4) is 0 Å². The number of carbonyl (C=O) groups is 3. The Balaban J connectivity index is 1.66. The Hall–Kier alpha value is -4.06. The van der Waals surface area contributed by atoms with Crippen LogP contribution in [0.5, 0.6) is 0 Å². The third kappa shape index (κ3) is 9.51. The molecule has 226 valence electrons. The van der Waals surface area contributed by atoms with Gasteiger partial charge < -0.3 is 25.0 Å². The molecular weight excluding hydrogens is 536 g/mol. The van der Waals surface area contributed by atoms with Gasteiger partial charge in [-0.15, -0.1) is 0 Å². The van der Waals surface area contributed by atoms with Crippen LogP contribution in [0.1, 0.15) is 38.8 Å². The predicted molar refractivity (Wildman–Crippen MR) is 161 cm³/mol. The molecule has 0 bridgehead atoms. The van der Waals surface area contributed by atoms with Gasteiger partial charge >= 0.3 is 6.03 Å². The van der Waals surface area contributed by atoms with Crippen LogP contribution in [0.25, 0.3) is 10.8 Å². The summed E-state index contributed by atoms with van der Waals surface area (Å²) >= 11 is 0. The van der Waals surface area contributed by atoms with Crippen LogP contribution in [-0.4, -0.2) is 77.9 Å². The zero-order valence-electron chi connectivity index (χ0n) is 25.0. The molecule has 2 aromatic carbocycles. The lowest BCUT2D eigenvalue weighted by Gasteiger charge is -2.36. The average Bonchev–Trinajstić information content (AvgIpc) is 2.98. The second-order valence-electron chi connectivity index (χ2n) is 9.92. The Morgan fingerprint density at radius 1 is 0.929 bits per heavy atom. The summed E-state index contributed by atoms with van der Waals surface area (Å²) in [5, 5.41) is 8.96. The lowest BCUT2D eigenvalue weighted by atomic mass is 10.0. The minimum Gasteiger partial charge on any atom is -0.351 e. The van der Waals surface area contributed by atoms with Crippen molar-refractivity contribution in [3.05, 3.63) is 78.1 Å². The van der Waals surface area contributed by atoms with E-state index in [2.05, 4.69) is 21.0 Å². The fourth-order valence-electron chi connectivity index (χ4n) is 4.59. The Bertz CT molecular complexity index is 1300. The van der Waals surface area contributed by atoms with Crippen molar-refractivity contribution in [2.75, 3.05) is 26.8 Å². The Kier molecular flexibility index (Phi) is 12.7. The highest BCUT2D eigenvalue weighted by Crippen LogP contribution is 2.23. The summed E-state index contributed by atoms with van der Waals surface area (Å²) in [5.41, 5.74) is 4.46. The molecule has 0 spiro atoms. The molecule has 0 aliphatic rings. The second-order valence-corrected chi connectivity index (χ2v) is 9.92. The van der Waals surface area contributed by atoms with Crippen molar-refractivity contribution in [1.29, 1.82) is 0 Å². The number of amides is 4. The van der Waals surface area contributed by atoms with Crippen molar-refractivity contribution in [2.45, 2.75) is 59.2 Å². The third-order valence-corrected chi connectivity index (χ3v) is 6.67. The molecule has 1 heterocycles. The first-order valence-electron chi connectivity index (χ1n) is 14.2. The fourth-order valence-corrected chi connectivity index (χ4v) is 4.59. The number of rotatable bonds is 15. The number of pyridine rings is 1. The van der Waals surface area contributed by atoms with E-state index < -0.39 is 30.3 Å². The number of hydrogen-bond donors (Lipinski definition) is 3. The van der Waals surface area contributed by atoms with Gasteiger partial charge in [-0.2, -0.15) is 0 Å². The zero-order chi connectivity index (χ0) is 30.5. The number of hydrazine groups is 1. The molecule has 1 aromatic heterocycles. The van der Waals surface area contributed by atoms with E-state index in [9.17, 15) is 14.4 Å². The van der Waals surface area contributed by atoms with Crippen molar-refractivity contribution in [2.24, 2.45) is 0 Å². The van der Waals surface area contributed by atoms with Gasteiger partial charge in [0.1, 0.15) is 6.04 Å². The highest BCUT2D eigenvalue weighted by Gasteiger charge is 2.32. The average molecular weight is 579 g/mol. The van der Waals surface area contributed by atoms with E-state index in [1.54, 1.807) is 43.4 Å². The van der Waals surface area contributed by atoms with E-state index in [1.165, 1.54) is 5.01 Å². The van der Waals surface area contributed by atoms with Gasteiger partial charge in [0.05, 0.1) is 12.6 Å². The number of urea groups is 1. The number of hydrogen-bond acceptors (Lipinski definition) is 7. The quantitative estimate of drug-likeness (QED) is 0.187. The lowest BCUT2D eigenvalue weighted by molar-refractivity contribution is -0.179. The minimum absolute atomic E-state index is 0.153. The molecule has 0 saturated carbocycles. The van der Waals surface area contributed by atoms with Gasteiger partial charge in [0, 0.05) is 45.7 Å². The summed E-state index contributed by atoms with van der Waals surface area (Å²) in [4.78, 5) is 44.6. The molecule has 0 saturated heterocycles. The number of ether oxygens (including phenoxy) is 2. The number of benzene rings is 2.